The molecule has 0 saturated carbocycles. The number of nitrogens with zero attached hydrogens (tertiary/aromatic N) is 1. The van der Waals surface area contributed by atoms with Crippen LogP contribution in [0.2, 0.25) is 16.1 Å². The Balaban J connectivity index is 1.58. The summed E-state index contributed by atoms with van der Waals surface area (Å²) in [5.74, 6) is -9.70. The second-order valence-corrected chi connectivity index (χ2v) is 9.38. The van der Waals surface area contributed by atoms with E-state index in [1.165, 1.54) is 30.3 Å². The SMILES string of the molecule is [B]C1C(=O)NC(=O)C(N2Cc3cc(C([B])([B])NC(=O)C(F)(F)c4ccc(Cl)cc4)ccc3C2=O)C1([B])[B]. The molecule has 2 aliphatic rings. The van der Waals surface area contributed by atoms with Crippen molar-refractivity contribution in [1.82, 2.24) is 15.5 Å². The first-order chi connectivity index (χ1) is 17.1. The predicted octanol–water partition coefficient (Wildman–Crippen LogP) is 0.0865. The standard InChI is InChI=1S/C22H13B5ClF2N3O4/c23-14-16(34)31-17(35)15(20(14,24)25)33-8-9-7-11(3-6-13(9)18(33)36)22(26,27)32-19(37)21(29,30)10-1-4-12(28)5-2-10/h1-7,14-15H,8H2,(H,32,37)(H,31,34,35). The topological polar surface area (TPSA) is 95.6 Å². The van der Waals surface area contributed by atoms with E-state index in [-0.39, 0.29) is 28.3 Å². The van der Waals surface area contributed by atoms with Crippen molar-refractivity contribution >= 4 is 74.5 Å². The predicted molar refractivity (Wildman–Crippen MR) is 134 cm³/mol. The smallest absolute Gasteiger partial charge is 0.349 e. The summed E-state index contributed by atoms with van der Waals surface area (Å²) in [5.41, 5.74) is -0.246. The number of imide groups is 1. The molecular weight excluding hydrogens is 498 g/mol. The van der Waals surface area contributed by atoms with Gasteiger partial charge in [-0.3, -0.25) is 24.5 Å². The van der Waals surface area contributed by atoms with E-state index in [9.17, 15) is 28.0 Å². The Labute approximate surface area is 222 Å². The van der Waals surface area contributed by atoms with Crippen molar-refractivity contribution in [3.8, 4) is 0 Å². The van der Waals surface area contributed by atoms with Crippen LogP contribution in [0.5, 0.6) is 0 Å². The van der Waals surface area contributed by atoms with Crippen molar-refractivity contribution in [2.24, 2.45) is 0 Å². The lowest BCUT2D eigenvalue weighted by Gasteiger charge is -2.46. The summed E-state index contributed by atoms with van der Waals surface area (Å²) >= 11 is 5.71. The molecule has 2 N–H and O–H groups in total. The fraction of sp³-hybridized carbons (Fsp3) is 0.273. The third kappa shape index (κ3) is 4.60. The van der Waals surface area contributed by atoms with E-state index in [0.29, 0.717) is 0 Å². The third-order valence-corrected chi connectivity index (χ3v) is 6.58. The molecule has 2 atom stereocenters. The van der Waals surface area contributed by atoms with Gasteiger partial charge in [0, 0.05) is 22.7 Å². The zero-order chi connectivity index (χ0) is 27.5. The lowest BCUT2D eigenvalue weighted by atomic mass is 9.39. The van der Waals surface area contributed by atoms with Gasteiger partial charge in [0.05, 0.1) is 39.2 Å². The molecule has 0 spiro atoms. The molecule has 37 heavy (non-hydrogen) atoms. The summed E-state index contributed by atoms with van der Waals surface area (Å²) in [6.07, 6.45) is 0. The van der Waals surface area contributed by atoms with Crippen LogP contribution in [-0.4, -0.2) is 73.8 Å². The maximum atomic E-state index is 14.7. The van der Waals surface area contributed by atoms with Crippen LogP contribution in [0.25, 0.3) is 0 Å². The second-order valence-electron chi connectivity index (χ2n) is 8.94. The van der Waals surface area contributed by atoms with Crippen LogP contribution in [0.4, 0.5) is 8.78 Å². The molecule has 4 rings (SSSR count). The van der Waals surface area contributed by atoms with Crippen LogP contribution >= 0.6 is 11.6 Å². The molecule has 2 aromatic carbocycles. The van der Waals surface area contributed by atoms with Gasteiger partial charge in [0.25, 0.3) is 11.8 Å². The first kappa shape index (κ1) is 27.0. The van der Waals surface area contributed by atoms with Crippen LogP contribution in [0.3, 0.4) is 0 Å². The highest BCUT2D eigenvalue weighted by Crippen LogP contribution is 2.43. The van der Waals surface area contributed by atoms with E-state index in [2.05, 4.69) is 0 Å². The van der Waals surface area contributed by atoms with Gasteiger partial charge in [-0.1, -0.05) is 41.1 Å². The van der Waals surface area contributed by atoms with E-state index in [4.69, 9.17) is 50.8 Å². The van der Waals surface area contributed by atoms with Crippen molar-refractivity contribution in [1.29, 1.82) is 0 Å². The molecule has 2 aliphatic heterocycles. The Morgan fingerprint density at radius 1 is 1.05 bits per heavy atom. The third-order valence-electron chi connectivity index (χ3n) is 6.33. The highest BCUT2D eigenvalue weighted by Gasteiger charge is 2.51. The van der Waals surface area contributed by atoms with E-state index < -0.39 is 57.5 Å². The quantitative estimate of drug-likeness (QED) is 0.440. The number of hydrogen-bond donors (Lipinski definition) is 2. The van der Waals surface area contributed by atoms with E-state index in [1.54, 1.807) is 0 Å². The summed E-state index contributed by atoms with van der Waals surface area (Å²) in [6.45, 7) is -0.220. The average Bonchev–Trinajstić information content (AvgIpc) is 3.12. The van der Waals surface area contributed by atoms with Gasteiger partial charge in [-0.25, -0.2) is 0 Å². The Morgan fingerprint density at radius 2 is 1.65 bits per heavy atom. The van der Waals surface area contributed by atoms with E-state index in [0.717, 1.165) is 17.0 Å². The molecule has 0 bridgehead atoms. The Morgan fingerprint density at radius 3 is 2.27 bits per heavy atom. The molecule has 7 nitrogen and oxygen atoms in total. The Bertz CT molecular complexity index is 1330. The number of alkyl halides is 2. The van der Waals surface area contributed by atoms with Gasteiger partial charge < -0.3 is 10.2 Å². The molecule has 2 aromatic rings. The van der Waals surface area contributed by atoms with Crippen LogP contribution in [-0.2, 0) is 32.2 Å². The largest absolute Gasteiger partial charge is 0.358 e. The van der Waals surface area contributed by atoms with Crippen LogP contribution in [0, 0.1) is 0 Å². The van der Waals surface area contributed by atoms with E-state index >= 15 is 0 Å². The van der Waals surface area contributed by atoms with Crippen LogP contribution < -0.4 is 10.6 Å². The molecule has 0 aromatic heterocycles. The van der Waals surface area contributed by atoms with Crippen LogP contribution in [0.15, 0.2) is 42.5 Å². The second kappa shape index (κ2) is 9.08. The fourth-order valence-electron chi connectivity index (χ4n) is 4.24. The monoisotopic (exact) mass is 511 g/mol. The minimum Gasteiger partial charge on any atom is -0.358 e. The van der Waals surface area contributed by atoms with Crippen molar-refractivity contribution in [3.63, 3.8) is 0 Å². The van der Waals surface area contributed by atoms with Gasteiger partial charge in [0.15, 0.2) is 0 Å². The summed E-state index contributed by atoms with van der Waals surface area (Å²) in [4.78, 5) is 50.9. The zero-order valence-corrected chi connectivity index (χ0v) is 19.8. The van der Waals surface area contributed by atoms with Crippen molar-refractivity contribution in [3.05, 3.63) is 69.7 Å². The number of piperidine rings is 1. The average molecular weight is 511 g/mol. The minimum absolute atomic E-state index is 0.0205. The Hall–Kier alpha value is -3.01. The lowest BCUT2D eigenvalue weighted by Crippen LogP contribution is -2.62. The van der Waals surface area contributed by atoms with Crippen molar-refractivity contribution < 1.29 is 28.0 Å². The first-order valence-corrected chi connectivity index (χ1v) is 11.1. The van der Waals surface area contributed by atoms with E-state index in [1.807, 2.05) is 10.6 Å². The van der Waals surface area contributed by atoms with Crippen molar-refractivity contribution in [2.45, 2.75) is 34.9 Å². The molecule has 2 heterocycles. The maximum Gasteiger partial charge on any atom is 0.349 e. The fourth-order valence-corrected chi connectivity index (χ4v) is 4.37. The summed E-state index contributed by atoms with van der Waals surface area (Å²) in [5, 5.41) is -0.215. The molecule has 176 valence electrons. The van der Waals surface area contributed by atoms with Crippen LogP contribution in [0.1, 0.15) is 27.0 Å². The molecule has 2 unspecified atom stereocenters. The summed E-state index contributed by atoms with van der Waals surface area (Å²) in [7, 11) is 29.7. The number of hydrogen-bond acceptors (Lipinski definition) is 4. The molecule has 1 fully saturated rings. The number of amides is 4. The van der Waals surface area contributed by atoms with Gasteiger partial charge in [0.1, 0.15) is 6.04 Å². The number of rotatable bonds is 5. The minimum atomic E-state index is -3.99. The number of carbonyl (C=O) groups is 4. The van der Waals surface area contributed by atoms with Gasteiger partial charge in [0.2, 0.25) is 11.8 Å². The lowest BCUT2D eigenvalue weighted by molar-refractivity contribution is -0.147. The number of halogens is 3. The Kier molecular flexibility index (Phi) is 6.63. The highest BCUT2D eigenvalue weighted by atomic mass is 35.5. The van der Waals surface area contributed by atoms with Gasteiger partial charge in [-0.2, -0.15) is 8.78 Å². The number of fused-ring (bicyclic) bond motifs is 1. The zero-order valence-electron chi connectivity index (χ0n) is 19.0. The normalized spacial score (nSPS) is 21.4. The van der Waals surface area contributed by atoms with Gasteiger partial charge >= 0.3 is 5.92 Å². The molecule has 0 aliphatic carbocycles. The van der Waals surface area contributed by atoms with Gasteiger partial charge in [-0.15, -0.1) is 0 Å². The molecule has 15 heteroatoms. The molecule has 4 amide bonds. The summed E-state index contributed by atoms with van der Waals surface area (Å²) < 4.78 is 29.4. The number of nitrogens with one attached hydrogen (secondary N) is 2. The maximum absolute atomic E-state index is 14.7. The highest BCUT2D eigenvalue weighted by molar-refractivity contribution is 6.50. The molecular formula is C22H13B5ClF2N3O4. The molecule has 10 radical (unpaired) electrons. The van der Waals surface area contributed by atoms with Crippen molar-refractivity contribution in [2.75, 3.05) is 0 Å². The number of carbonyl (C=O) groups excluding carboxylic acids is 4. The molecule has 1 saturated heterocycles. The number of benzene rings is 2. The first-order valence-electron chi connectivity index (χ1n) is 10.7. The summed E-state index contributed by atoms with van der Waals surface area (Å²) in [6, 6.07) is 6.75. The van der Waals surface area contributed by atoms with Gasteiger partial charge in [-0.05, 0) is 40.5 Å².